The summed E-state index contributed by atoms with van der Waals surface area (Å²) in [7, 11) is 0. The summed E-state index contributed by atoms with van der Waals surface area (Å²) in [6.45, 7) is 9.50. The quantitative estimate of drug-likeness (QED) is 0.671. The first kappa shape index (κ1) is 23.4. The molecule has 0 aromatic heterocycles. The first-order valence-corrected chi connectivity index (χ1v) is 10.3. The van der Waals surface area contributed by atoms with Crippen molar-refractivity contribution in [3.63, 3.8) is 0 Å². The summed E-state index contributed by atoms with van der Waals surface area (Å²) >= 11 is 0. The molecule has 0 spiro atoms. The van der Waals surface area contributed by atoms with Crippen LogP contribution in [0.1, 0.15) is 43.9 Å². The van der Waals surface area contributed by atoms with Crippen LogP contribution in [0.25, 0.3) is 0 Å². The lowest BCUT2D eigenvalue weighted by molar-refractivity contribution is -0.143. The second kappa shape index (κ2) is 10.8. The Kier molecular flexibility index (Phi) is 8.39. The third-order valence-electron chi connectivity index (χ3n) is 4.78. The van der Waals surface area contributed by atoms with Gasteiger partial charge in [0.2, 0.25) is 5.91 Å². The maximum Gasteiger partial charge on any atom is 0.261 e. The molecule has 0 aliphatic rings. The van der Waals surface area contributed by atoms with Crippen LogP contribution in [0.2, 0.25) is 0 Å². The fourth-order valence-corrected chi connectivity index (χ4v) is 3.17. The molecule has 2 rings (SSSR count). The molecule has 0 heterocycles. The number of nitrogens with one attached hydrogen (secondary N) is 1. The summed E-state index contributed by atoms with van der Waals surface area (Å²) in [5, 5.41) is 2.88. The Morgan fingerprint density at radius 3 is 2.37 bits per heavy atom. The zero-order chi connectivity index (χ0) is 22.3. The molecule has 2 amide bonds. The van der Waals surface area contributed by atoms with Crippen LogP contribution in [0.5, 0.6) is 5.75 Å². The van der Waals surface area contributed by atoms with E-state index in [9.17, 15) is 14.0 Å². The summed E-state index contributed by atoms with van der Waals surface area (Å²) in [4.78, 5) is 27.4. The maximum atomic E-state index is 13.3. The monoisotopic (exact) mass is 414 g/mol. The molecule has 5 nitrogen and oxygen atoms in total. The van der Waals surface area contributed by atoms with Crippen LogP contribution in [-0.2, 0) is 16.1 Å². The Hall–Kier alpha value is -2.89. The van der Waals surface area contributed by atoms with Gasteiger partial charge in [0, 0.05) is 12.6 Å². The van der Waals surface area contributed by atoms with Gasteiger partial charge in [0.05, 0.1) is 0 Å². The molecule has 0 fully saturated rings. The predicted octanol–water partition coefficient (Wildman–Crippen LogP) is 4.15. The van der Waals surface area contributed by atoms with Crippen molar-refractivity contribution < 1.29 is 18.7 Å². The molecule has 0 unspecified atom stereocenters. The zero-order valence-corrected chi connectivity index (χ0v) is 18.4. The van der Waals surface area contributed by atoms with Crippen molar-refractivity contribution in [1.29, 1.82) is 0 Å². The number of benzene rings is 2. The van der Waals surface area contributed by atoms with Gasteiger partial charge >= 0.3 is 0 Å². The van der Waals surface area contributed by atoms with E-state index in [2.05, 4.69) is 5.32 Å². The minimum atomic E-state index is -0.646. The predicted molar refractivity (Wildman–Crippen MR) is 116 cm³/mol. The lowest BCUT2D eigenvalue weighted by Crippen LogP contribution is -2.51. The summed E-state index contributed by atoms with van der Waals surface area (Å²) < 4.78 is 19.1. The Morgan fingerprint density at radius 2 is 1.77 bits per heavy atom. The van der Waals surface area contributed by atoms with Gasteiger partial charge < -0.3 is 15.0 Å². The fraction of sp³-hybridized carbons (Fsp3) is 0.417. The molecule has 0 aliphatic heterocycles. The van der Waals surface area contributed by atoms with Crippen molar-refractivity contribution in [3.05, 3.63) is 65.0 Å². The van der Waals surface area contributed by atoms with Gasteiger partial charge in [-0.2, -0.15) is 0 Å². The van der Waals surface area contributed by atoms with Crippen molar-refractivity contribution >= 4 is 11.8 Å². The molecule has 1 N–H and O–H groups in total. The molecular formula is C24H31FN2O3. The molecule has 0 radical (unpaired) electrons. The summed E-state index contributed by atoms with van der Waals surface area (Å²) in [6.07, 6.45) is 0.453. The Bertz CT molecular complexity index is 865. The summed E-state index contributed by atoms with van der Waals surface area (Å²) in [5.41, 5.74) is 2.71. The molecule has 1 atom stereocenters. The number of hydrogen-bond donors (Lipinski definition) is 1. The SMILES string of the molecule is CC[C@H](C(=O)NC(C)C)N(Cc1ccc(F)cc1)C(=O)COc1cc(C)ccc1C. The third kappa shape index (κ3) is 6.58. The van der Waals surface area contributed by atoms with E-state index in [1.165, 1.54) is 17.0 Å². The smallest absolute Gasteiger partial charge is 0.261 e. The number of carbonyl (C=O) groups is 2. The van der Waals surface area contributed by atoms with Crippen LogP contribution in [-0.4, -0.2) is 35.4 Å². The van der Waals surface area contributed by atoms with E-state index >= 15 is 0 Å². The topological polar surface area (TPSA) is 58.6 Å². The molecule has 6 heteroatoms. The van der Waals surface area contributed by atoms with Crippen molar-refractivity contribution in [2.45, 2.75) is 59.7 Å². The third-order valence-corrected chi connectivity index (χ3v) is 4.78. The highest BCUT2D eigenvalue weighted by molar-refractivity contribution is 5.88. The Morgan fingerprint density at radius 1 is 1.10 bits per heavy atom. The van der Waals surface area contributed by atoms with E-state index in [1.54, 1.807) is 12.1 Å². The number of halogens is 1. The second-order valence-corrected chi connectivity index (χ2v) is 7.79. The van der Waals surface area contributed by atoms with Gasteiger partial charge in [0.1, 0.15) is 17.6 Å². The first-order valence-electron chi connectivity index (χ1n) is 10.3. The first-order chi connectivity index (χ1) is 14.2. The Balaban J connectivity index is 2.23. The maximum absolute atomic E-state index is 13.3. The van der Waals surface area contributed by atoms with Crippen molar-refractivity contribution in [2.75, 3.05) is 6.61 Å². The minimum Gasteiger partial charge on any atom is -0.483 e. The fourth-order valence-electron chi connectivity index (χ4n) is 3.17. The average Bonchev–Trinajstić information content (AvgIpc) is 2.69. The van der Waals surface area contributed by atoms with Gasteiger partial charge in [0.25, 0.3) is 5.91 Å². The highest BCUT2D eigenvalue weighted by Gasteiger charge is 2.29. The van der Waals surface area contributed by atoms with E-state index in [0.29, 0.717) is 12.2 Å². The molecule has 0 saturated carbocycles. The molecular weight excluding hydrogens is 383 g/mol. The van der Waals surface area contributed by atoms with Crippen LogP contribution in [0.15, 0.2) is 42.5 Å². The van der Waals surface area contributed by atoms with Crippen molar-refractivity contribution in [3.8, 4) is 5.75 Å². The van der Waals surface area contributed by atoms with Crippen molar-refractivity contribution in [2.24, 2.45) is 0 Å². The zero-order valence-electron chi connectivity index (χ0n) is 18.4. The number of amides is 2. The Labute approximate surface area is 178 Å². The van der Waals surface area contributed by atoms with Crippen molar-refractivity contribution in [1.82, 2.24) is 10.2 Å². The van der Waals surface area contributed by atoms with Gasteiger partial charge in [-0.3, -0.25) is 9.59 Å². The lowest BCUT2D eigenvalue weighted by Gasteiger charge is -2.31. The highest BCUT2D eigenvalue weighted by Crippen LogP contribution is 2.20. The van der Waals surface area contributed by atoms with E-state index in [-0.39, 0.29) is 36.8 Å². The van der Waals surface area contributed by atoms with Crippen LogP contribution in [0, 0.1) is 19.7 Å². The van der Waals surface area contributed by atoms with Crippen LogP contribution >= 0.6 is 0 Å². The molecule has 0 aliphatic carbocycles. The number of rotatable bonds is 9. The van der Waals surface area contributed by atoms with Gasteiger partial charge in [-0.25, -0.2) is 4.39 Å². The van der Waals surface area contributed by atoms with Gasteiger partial charge in [-0.1, -0.05) is 31.2 Å². The van der Waals surface area contributed by atoms with Crippen LogP contribution in [0.4, 0.5) is 4.39 Å². The number of ether oxygens (including phenoxy) is 1. The molecule has 0 bridgehead atoms. The molecule has 2 aromatic rings. The summed E-state index contributed by atoms with van der Waals surface area (Å²) in [5.74, 6) is -0.218. The van der Waals surface area contributed by atoms with E-state index in [0.717, 1.165) is 16.7 Å². The number of hydrogen-bond acceptors (Lipinski definition) is 3. The molecule has 0 saturated heterocycles. The highest BCUT2D eigenvalue weighted by atomic mass is 19.1. The van der Waals surface area contributed by atoms with Gasteiger partial charge in [0.15, 0.2) is 6.61 Å². The number of nitrogens with zero attached hydrogens (tertiary/aromatic N) is 1. The molecule has 162 valence electrons. The molecule has 30 heavy (non-hydrogen) atoms. The average molecular weight is 415 g/mol. The lowest BCUT2D eigenvalue weighted by atomic mass is 10.1. The van der Waals surface area contributed by atoms with Crippen LogP contribution in [0.3, 0.4) is 0 Å². The van der Waals surface area contributed by atoms with Crippen LogP contribution < -0.4 is 10.1 Å². The number of aryl methyl sites for hydroxylation is 2. The van der Waals surface area contributed by atoms with Gasteiger partial charge in [-0.05, 0) is 69.0 Å². The van der Waals surface area contributed by atoms with E-state index in [1.807, 2.05) is 52.8 Å². The second-order valence-electron chi connectivity index (χ2n) is 7.79. The standard InChI is InChI=1S/C24H31FN2O3/c1-6-21(24(29)26-16(2)3)27(14-19-9-11-20(25)12-10-19)23(28)15-30-22-13-17(4)7-8-18(22)5/h7-13,16,21H,6,14-15H2,1-5H3,(H,26,29)/t21-/m1/s1. The number of carbonyl (C=O) groups excluding carboxylic acids is 2. The minimum absolute atomic E-state index is 0.0412. The van der Waals surface area contributed by atoms with E-state index in [4.69, 9.17) is 4.74 Å². The van der Waals surface area contributed by atoms with E-state index < -0.39 is 6.04 Å². The summed E-state index contributed by atoms with van der Waals surface area (Å²) in [6, 6.07) is 11.1. The van der Waals surface area contributed by atoms with Gasteiger partial charge in [-0.15, -0.1) is 0 Å². The largest absolute Gasteiger partial charge is 0.483 e. The molecule has 2 aromatic carbocycles. The normalized spacial score (nSPS) is 11.8.